The van der Waals surface area contributed by atoms with Crippen LogP contribution in [-0.2, 0) is 4.79 Å². The highest BCUT2D eigenvalue weighted by molar-refractivity contribution is 6.11. The van der Waals surface area contributed by atoms with Crippen LogP contribution in [0.1, 0.15) is 36.5 Å². The summed E-state index contributed by atoms with van der Waals surface area (Å²) in [5.41, 5.74) is 0.668. The molecule has 84 valence electrons. The van der Waals surface area contributed by atoms with Gasteiger partial charge in [-0.25, -0.2) is 0 Å². The lowest BCUT2D eigenvalue weighted by molar-refractivity contribution is -0.119. The minimum atomic E-state index is -0.382. The van der Waals surface area contributed by atoms with Crippen LogP contribution in [0.2, 0.25) is 0 Å². The number of rotatable bonds is 3. The van der Waals surface area contributed by atoms with E-state index in [-0.39, 0.29) is 23.4 Å². The maximum atomic E-state index is 12.2. The molecule has 0 bridgehead atoms. The average Bonchev–Trinajstić information content (AvgIpc) is 2.70. The van der Waals surface area contributed by atoms with E-state index >= 15 is 0 Å². The third-order valence-corrected chi connectivity index (χ3v) is 3.44. The molecular weight excluding hydrogens is 200 g/mol. The van der Waals surface area contributed by atoms with Gasteiger partial charge in [-0.3, -0.25) is 9.59 Å². The summed E-state index contributed by atoms with van der Waals surface area (Å²) >= 11 is 0. The number of benzene rings is 1. The largest absolute Gasteiger partial charge is 0.299 e. The lowest BCUT2D eigenvalue weighted by Gasteiger charge is -2.15. The van der Waals surface area contributed by atoms with E-state index in [4.69, 9.17) is 0 Å². The van der Waals surface area contributed by atoms with E-state index < -0.39 is 0 Å². The second-order valence-electron chi connectivity index (χ2n) is 4.38. The van der Waals surface area contributed by atoms with Crippen LogP contribution in [0.25, 0.3) is 0 Å². The molecule has 16 heavy (non-hydrogen) atoms. The molecule has 0 aliphatic heterocycles. The first-order chi connectivity index (χ1) is 7.74. The summed E-state index contributed by atoms with van der Waals surface area (Å²) in [7, 11) is 0. The minimum Gasteiger partial charge on any atom is -0.299 e. The Balaban J connectivity index is 2.24. The van der Waals surface area contributed by atoms with Gasteiger partial charge in [0.15, 0.2) is 5.78 Å². The molecule has 1 aromatic carbocycles. The van der Waals surface area contributed by atoms with E-state index in [1.807, 2.05) is 18.2 Å². The smallest absolute Gasteiger partial charge is 0.173 e. The fraction of sp³-hybridized carbons (Fsp3) is 0.429. The quantitative estimate of drug-likeness (QED) is 0.575. The fourth-order valence-corrected chi connectivity index (χ4v) is 2.49. The predicted octanol–water partition coefficient (Wildman–Crippen LogP) is 2.87. The zero-order valence-corrected chi connectivity index (χ0v) is 9.48. The van der Waals surface area contributed by atoms with Crippen LogP contribution >= 0.6 is 0 Å². The Morgan fingerprint density at radius 1 is 1.31 bits per heavy atom. The third-order valence-electron chi connectivity index (χ3n) is 3.44. The molecule has 1 saturated carbocycles. The highest BCUT2D eigenvalue weighted by atomic mass is 16.2. The van der Waals surface area contributed by atoms with Gasteiger partial charge < -0.3 is 0 Å². The Morgan fingerprint density at radius 3 is 2.62 bits per heavy atom. The van der Waals surface area contributed by atoms with Crippen molar-refractivity contribution in [2.45, 2.75) is 26.2 Å². The fourth-order valence-electron chi connectivity index (χ4n) is 2.49. The summed E-state index contributed by atoms with van der Waals surface area (Å²) in [5.74, 6) is 0.00302. The molecule has 1 aliphatic carbocycles. The van der Waals surface area contributed by atoms with Crippen molar-refractivity contribution in [2.24, 2.45) is 11.8 Å². The Labute approximate surface area is 95.7 Å². The summed E-state index contributed by atoms with van der Waals surface area (Å²) < 4.78 is 0. The Hall–Kier alpha value is -1.44. The number of hydrogen-bond acceptors (Lipinski definition) is 2. The van der Waals surface area contributed by atoms with Crippen molar-refractivity contribution in [3.8, 4) is 0 Å². The first-order valence-electron chi connectivity index (χ1n) is 5.86. The van der Waals surface area contributed by atoms with Crippen molar-refractivity contribution in [3.05, 3.63) is 35.9 Å². The van der Waals surface area contributed by atoms with Crippen LogP contribution < -0.4 is 0 Å². The van der Waals surface area contributed by atoms with Crippen molar-refractivity contribution in [2.75, 3.05) is 0 Å². The first kappa shape index (κ1) is 11.1. The molecule has 1 aromatic rings. The van der Waals surface area contributed by atoms with Gasteiger partial charge in [0.05, 0.1) is 5.92 Å². The SMILES string of the molecule is CC[C@@H]1CCC(=O)[C@H]1C(=O)c1ccccc1. The molecule has 2 heteroatoms. The maximum absolute atomic E-state index is 12.2. The molecule has 0 radical (unpaired) electrons. The summed E-state index contributed by atoms with van der Waals surface area (Å²) in [5, 5.41) is 0. The van der Waals surface area contributed by atoms with Crippen molar-refractivity contribution in [1.29, 1.82) is 0 Å². The molecule has 2 atom stereocenters. The summed E-state index contributed by atoms with van der Waals surface area (Å²) in [6.45, 7) is 2.05. The van der Waals surface area contributed by atoms with Gasteiger partial charge in [-0.2, -0.15) is 0 Å². The van der Waals surface area contributed by atoms with Gasteiger partial charge in [-0.15, -0.1) is 0 Å². The molecule has 2 rings (SSSR count). The number of hydrogen-bond donors (Lipinski definition) is 0. The van der Waals surface area contributed by atoms with Crippen LogP contribution in [0.15, 0.2) is 30.3 Å². The van der Waals surface area contributed by atoms with E-state index in [1.54, 1.807) is 12.1 Å². The topological polar surface area (TPSA) is 34.1 Å². The predicted molar refractivity (Wildman–Crippen MR) is 62.3 cm³/mol. The van der Waals surface area contributed by atoms with Gasteiger partial charge >= 0.3 is 0 Å². The molecule has 0 N–H and O–H groups in total. The molecule has 0 amide bonds. The van der Waals surface area contributed by atoms with Crippen molar-refractivity contribution in [1.82, 2.24) is 0 Å². The van der Waals surface area contributed by atoms with Gasteiger partial charge in [0.1, 0.15) is 5.78 Å². The zero-order chi connectivity index (χ0) is 11.5. The Bertz CT molecular complexity index is 394. The van der Waals surface area contributed by atoms with E-state index in [0.29, 0.717) is 12.0 Å². The van der Waals surface area contributed by atoms with E-state index in [2.05, 4.69) is 6.92 Å². The Kier molecular flexibility index (Phi) is 3.18. The van der Waals surface area contributed by atoms with Crippen molar-refractivity contribution < 1.29 is 9.59 Å². The van der Waals surface area contributed by atoms with E-state index in [0.717, 1.165) is 12.8 Å². The monoisotopic (exact) mass is 216 g/mol. The second kappa shape index (κ2) is 4.60. The number of Topliss-reactive ketones (excluding diaryl/α,β-unsaturated/α-hetero) is 2. The standard InChI is InChI=1S/C14H16O2/c1-2-10-8-9-12(15)13(10)14(16)11-6-4-3-5-7-11/h3-7,10,13H,2,8-9H2,1H3/t10-,13+/m1/s1. The summed E-state index contributed by atoms with van der Waals surface area (Å²) in [6.07, 6.45) is 2.36. The van der Waals surface area contributed by atoms with Gasteiger partial charge in [-0.1, -0.05) is 43.7 Å². The van der Waals surface area contributed by atoms with E-state index in [1.165, 1.54) is 0 Å². The van der Waals surface area contributed by atoms with Crippen LogP contribution in [-0.4, -0.2) is 11.6 Å². The van der Waals surface area contributed by atoms with Crippen LogP contribution in [0.4, 0.5) is 0 Å². The molecule has 0 saturated heterocycles. The van der Waals surface area contributed by atoms with Gasteiger partial charge in [0.25, 0.3) is 0 Å². The number of ketones is 2. The summed E-state index contributed by atoms with van der Waals surface area (Å²) in [4.78, 5) is 23.9. The lowest BCUT2D eigenvalue weighted by atomic mass is 9.86. The highest BCUT2D eigenvalue weighted by Gasteiger charge is 2.38. The second-order valence-corrected chi connectivity index (χ2v) is 4.38. The third kappa shape index (κ3) is 1.92. The lowest BCUT2D eigenvalue weighted by Crippen LogP contribution is -2.24. The van der Waals surface area contributed by atoms with Gasteiger partial charge in [0.2, 0.25) is 0 Å². The normalized spacial score (nSPS) is 24.7. The first-order valence-corrected chi connectivity index (χ1v) is 5.86. The molecule has 1 fully saturated rings. The molecule has 0 heterocycles. The van der Waals surface area contributed by atoms with Gasteiger partial charge in [-0.05, 0) is 12.3 Å². The minimum absolute atomic E-state index is 0.00921. The van der Waals surface area contributed by atoms with E-state index in [9.17, 15) is 9.59 Å². The van der Waals surface area contributed by atoms with Gasteiger partial charge in [0, 0.05) is 12.0 Å². The molecule has 0 spiro atoms. The van der Waals surface area contributed by atoms with Crippen molar-refractivity contribution in [3.63, 3.8) is 0 Å². The van der Waals surface area contributed by atoms with Crippen LogP contribution in [0.5, 0.6) is 0 Å². The maximum Gasteiger partial charge on any atom is 0.173 e. The van der Waals surface area contributed by atoms with Crippen LogP contribution in [0.3, 0.4) is 0 Å². The number of carbonyl (C=O) groups excluding carboxylic acids is 2. The summed E-state index contributed by atoms with van der Waals surface area (Å²) in [6, 6.07) is 9.15. The Morgan fingerprint density at radius 2 is 2.00 bits per heavy atom. The zero-order valence-electron chi connectivity index (χ0n) is 9.48. The average molecular weight is 216 g/mol. The molecular formula is C14H16O2. The highest BCUT2D eigenvalue weighted by Crippen LogP contribution is 2.33. The molecule has 2 nitrogen and oxygen atoms in total. The van der Waals surface area contributed by atoms with Crippen molar-refractivity contribution >= 4 is 11.6 Å². The molecule has 0 unspecified atom stereocenters. The molecule has 0 aromatic heterocycles. The number of carbonyl (C=O) groups is 2. The molecule has 1 aliphatic rings. The van der Waals surface area contributed by atoms with Crippen LogP contribution in [0, 0.1) is 11.8 Å².